The Hall–Kier alpha value is -0.930. The van der Waals surface area contributed by atoms with E-state index in [9.17, 15) is 4.39 Å². The molecule has 1 aromatic carbocycles. The summed E-state index contributed by atoms with van der Waals surface area (Å²) in [6, 6.07) is 7.45. The van der Waals surface area contributed by atoms with Crippen molar-refractivity contribution in [3.8, 4) is 0 Å². The van der Waals surface area contributed by atoms with Gasteiger partial charge in [0, 0.05) is 19.2 Å². The zero-order chi connectivity index (χ0) is 14.1. The average Bonchev–Trinajstić information content (AvgIpc) is 2.43. The Bertz CT molecular complexity index is 339. The van der Waals surface area contributed by atoms with Crippen molar-refractivity contribution in [2.75, 3.05) is 13.7 Å². The average molecular weight is 267 g/mol. The first-order valence-corrected chi connectivity index (χ1v) is 7.21. The van der Waals surface area contributed by atoms with Crippen molar-refractivity contribution < 1.29 is 9.13 Å². The highest BCUT2D eigenvalue weighted by Crippen LogP contribution is 2.21. The summed E-state index contributed by atoms with van der Waals surface area (Å²) in [5, 5.41) is 3.63. The van der Waals surface area contributed by atoms with Gasteiger partial charge in [-0.25, -0.2) is 4.39 Å². The highest BCUT2D eigenvalue weighted by Gasteiger charge is 2.15. The lowest BCUT2D eigenvalue weighted by Crippen LogP contribution is -2.35. The van der Waals surface area contributed by atoms with Crippen molar-refractivity contribution in [2.24, 2.45) is 0 Å². The van der Waals surface area contributed by atoms with Gasteiger partial charge in [-0.3, -0.25) is 0 Å². The number of ether oxygens (including phenoxy) is 1. The van der Waals surface area contributed by atoms with Gasteiger partial charge in [-0.1, -0.05) is 38.8 Å². The van der Waals surface area contributed by atoms with Gasteiger partial charge in [-0.15, -0.1) is 0 Å². The SMILES string of the molecule is CCCCC(NC(CC)COC)c1ccc(F)cc1. The topological polar surface area (TPSA) is 21.3 Å². The Labute approximate surface area is 116 Å². The molecule has 0 aliphatic heterocycles. The van der Waals surface area contributed by atoms with Gasteiger partial charge in [0.2, 0.25) is 0 Å². The Morgan fingerprint density at radius 3 is 2.42 bits per heavy atom. The number of benzene rings is 1. The van der Waals surface area contributed by atoms with E-state index in [4.69, 9.17) is 4.74 Å². The van der Waals surface area contributed by atoms with E-state index in [1.54, 1.807) is 7.11 Å². The molecule has 1 aromatic rings. The van der Waals surface area contributed by atoms with Crippen molar-refractivity contribution in [3.63, 3.8) is 0 Å². The normalized spacial score (nSPS) is 14.3. The van der Waals surface area contributed by atoms with Crippen molar-refractivity contribution >= 4 is 0 Å². The van der Waals surface area contributed by atoms with Crippen LogP contribution < -0.4 is 5.32 Å². The van der Waals surface area contributed by atoms with E-state index in [1.165, 1.54) is 25.0 Å². The Kier molecular flexibility index (Phi) is 7.68. The number of unbranched alkanes of at least 4 members (excludes halogenated alkanes) is 1. The monoisotopic (exact) mass is 267 g/mol. The fourth-order valence-corrected chi connectivity index (χ4v) is 2.22. The minimum atomic E-state index is -0.179. The summed E-state index contributed by atoms with van der Waals surface area (Å²) >= 11 is 0. The summed E-state index contributed by atoms with van der Waals surface area (Å²) in [7, 11) is 1.73. The third kappa shape index (κ3) is 5.70. The summed E-state index contributed by atoms with van der Waals surface area (Å²) in [5.74, 6) is -0.179. The molecule has 0 radical (unpaired) electrons. The molecule has 0 heterocycles. The summed E-state index contributed by atoms with van der Waals surface area (Å²) in [6.45, 7) is 5.05. The van der Waals surface area contributed by atoms with E-state index < -0.39 is 0 Å². The molecule has 2 unspecified atom stereocenters. The van der Waals surface area contributed by atoms with Gasteiger partial charge in [0.25, 0.3) is 0 Å². The lowest BCUT2D eigenvalue weighted by atomic mass is 9.99. The molecule has 0 aromatic heterocycles. The van der Waals surface area contributed by atoms with Crippen molar-refractivity contribution in [1.82, 2.24) is 5.32 Å². The maximum absolute atomic E-state index is 13.0. The zero-order valence-electron chi connectivity index (χ0n) is 12.3. The fraction of sp³-hybridized carbons (Fsp3) is 0.625. The largest absolute Gasteiger partial charge is 0.383 e. The zero-order valence-corrected chi connectivity index (χ0v) is 12.3. The molecule has 0 aliphatic rings. The van der Waals surface area contributed by atoms with Crippen molar-refractivity contribution in [3.05, 3.63) is 35.6 Å². The van der Waals surface area contributed by atoms with Crippen LogP contribution in [0.25, 0.3) is 0 Å². The van der Waals surface area contributed by atoms with E-state index in [1.807, 2.05) is 12.1 Å². The second-order valence-corrected chi connectivity index (χ2v) is 4.97. The van der Waals surface area contributed by atoms with Gasteiger partial charge in [0.15, 0.2) is 0 Å². The minimum absolute atomic E-state index is 0.179. The molecule has 0 aliphatic carbocycles. The van der Waals surface area contributed by atoms with Crippen LogP contribution in [0.1, 0.15) is 51.1 Å². The highest BCUT2D eigenvalue weighted by atomic mass is 19.1. The predicted octanol–water partition coefficient (Wildman–Crippen LogP) is 4.07. The maximum Gasteiger partial charge on any atom is 0.123 e. The standard InChI is InChI=1S/C16H26FNO/c1-4-6-7-16(18-15(5-2)12-19-3)13-8-10-14(17)11-9-13/h8-11,15-16,18H,4-7,12H2,1-3H3. The van der Waals surface area contributed by atoms with Crippen LogP contribution >= 0.6 is 0 Å². The van der Waals surface area contributed by atoms with Gasteiger partial charge in [-0.05, 0) is 30.5 Å². The molecule has 19 heavy (non-hydrogen) atoms. The first-order chi connectivity index (χ1) is 9.21. The highest BCUT2D eigenvalue weighted by molar-refractivity contribution is 5.20. The molecule has 0 bridgehead atoms. The summed E-state index contributed by atoms with van der Waals surface area (Å²) in [4.78, 5) is 0. The Balaban J connectivity index is 2.72. The number of methoxy groups -OCH3 is 1. The number of rotatable bonds is 9. The van der Waals surface area contributed by atoms with E-state index in [-0.39, 0.29) is 11.9 Å². The third-order valence-corrected chi connectivity index (χ3v) is 3.42. The fourth-order valence-electron chi connectivity index (χ4n) is 2.22. The van der Waals surface area contributed by atoms with E-state index >= 15 is 0 Å². The van der Waals surface area contributed by atoms with Crippen LogP contribution in [0.2, 0.25) is 0 Å². The second kappa shape index (κ2) is 9.05. The predicted molar refractivity (Wildman–Crippen MR) is 77.8 cm³/mol. The van der Waals surface area contributed by atoms with E-state index in [0.717, 1.165) is 18.4 Å². The molecule has 0 saturated heterocycles. The van der Waals surface area contributed by atoms with Crippen LogP contribution in [-0.2, 0) is 4.74 Å². The van der Waals surface area contributed by atoms with Crippen LogP contribution in [0.5, 0.6) is 0 Å². The van der Waals surface area contributed by atoms with Crippen molar-refractivity contribution in [1.29, 1.82) is 0 Å². The molecular weight excluding hydrogens is 241 g/mol. The lowest BCUT2D eigenvalue weighted by molar-refractivity contribution is 0.157. The summed E-state index contributed by atoms with van der Waals surface area (Å²) < 4.78 is 18.2. The Morgan fingerprint density at radius 1 is 1.21 bits per heavy atom. The van der Waals surface area contributed by atoms with Crippen LogP contribution in [0.15, 0.2) is 24.3 Å². The number of nitrogens with one attached hydrogen (secondary N) is 1. The molecule has 0 saturated carbocycles. The van der Waals surface area contributed by atoms with Crippen LogP contribution in [-0.4, -0.2) is 19.8 Å². The van der Waals surface area contributed by atoms with Gasteiger partial charge in [0.05, 0.1) is 6.61 Å². The van der Waals surface area contributed by atoms with Crippen LogP contribution in [0.3, 0.4) is 0 Å². The first-order valence-electron chi connectivity index (χ1n) is 7.21. The summed E-state index contributed by atoms with van der Waals surface area (Å²) in [5.41, 5.74) is 1.16. The van der Waals surface area contributed by atoms with E-state index in [0.29, 0.717) is 12.6 Å². The van der Waals surface area contributed by atoms with Crippen LogP contribution in [0, 0.1) is 5.82 Å². The minimum Gasteiger partial charge on any atom is -0.383 e. The van der Waals surface area contributed by atoms with Gasteiger partial charge >= 0.3 is 0 Å². The maximum atomic E-state index is 13.0. The van der Waals surface area contributed by atoms with Crippen LogP contribution in [0.4, 0.5) is 4.39 Å². The summed E-state index contributed by atoms with van der Waals surface area (Å²) in [6.07, 6.45) is 4.43. The van der Waals surface area contributed by atoms with Crippen molar-refractivity contribution in [2.45, 2.75) is 51.6 Å². The first kappa shape index (κ1) is 16.1. The molecule has 108 valence electrons. The lowest BCUT2D eigenvalue weighted by Gasteiger charge is -2.25. The quantitative estimate of drug-likeness (QED) is 0.728. The van der Waals surface area contributed by atoms with Gasteiger partial charge < -0.3 is 10.1 Å². The molecule has 0 amide bonds. The smallest absolute Gasteiger partial charge is 0.123 e. The third-order valence-electron chi connectivity index (χ3n) is 3.42. The molecular formula is C16H26FNO. The molecule has 3 heteroatoms. The number of hydrogen-bond acceptors (Lipinski definition) is 2. The molecule has 0 fully saturated rings. The second-order valence-electron chi connectivity index (χ2n) is 4.97. The molecule has 2 atom stereocenters. The van der Waals surface area contributed by atoms with Gasteiger partial charge in [-0.2, -0.15) is 0 Å². The number of hydrogen-bond donors (Lipinski definition) is 1. The van der Waals surface area contributed by atoms with E-state index in [2.05, 4.69) is 19.2 Å². The Morgan fingerprint density at radius 2 is 1.89 bits per heavy atom. The molecule has 0 spiro atoms. The molecule has 1 rings (SSSR count). The molecule has 2 nitrogen and oxygen atoms in total. The van der Waals surface area contributed by atoms with Gasteiger partial charge in [0.1, 0.15) is 5.82 Å². The number of halogens is 1. The molecule has 1 N–H and O–H groups in total.